The largest absolute Gasteiger partial charge is 0.481 e. The van der Waals surface area contributed by atoms with E-state index in [-0.39, 0.29) is 31.2 Å². The number of hydrogen-bond acceptors (Lipinski definition) is 8. The monoisotopic (exact) mass is 644 g/mol. The molecule has 3 rings (SSSR count). The minimum absolute atomic E-state index is 0.0756. The molecule has 0 aromatic heterocycles. The number of carbonyl (C=O) groups excluding carboxylic acids is 2. The van der Waals surface area contributed by atoms with Crippen molar-refractivity contribution in [3.05, 3.63) is 33.8 Å². The fourth-order valence-corrected chi connectivity index (χ4v) is 6.06. The number of carbonyl (C=O) groups is 4. The molecule has 1 aromatic rings. The minimum atomic E-state index is -1.18. The predicted molar refractivity (Wildman–Crippen MR) is 164 cm³/mol. The molecule has 0 unspecified atom stereocenters. The first kappa shape index (κ1) is 36.8. The molecular formula is C31H46Cl2N2O8. The number of halogens is 2. The smallest absolute Gasteiger partial charge is 0.311 e. The Balaban J connectivity index is 0.000000329. The Labute approximate surface area is 264 Å². The Morgan fingerprint density at radius 3 is 1.74 bits per heavy atom. The number of nitrogens with one attached hydrogen (secondary N) is 1. The van der Waals surface area contributed by atoms with Gasteiger partial charge in [-0.25, -0.2) is 0 Å². The van der Waals surface area contributed by atoms with Crippen LogP contribution < -0.4 is 5.32 Å². The molecule has 0 saturated carbocycles. The molecule has 4 atom stereocenters. The molecule has 2 heterocycles. The van der Waals surface area contributed by atoms with Gasteiger partial charge in [0.2, 0.25) is 0 Å². The zero-order chi connectivity index (χ0) is 33.0. The lowest BCUT2D eigenvalue weighted by Gasteiger charge is -2.29. The molecule has 10 nitrogen and oxygen atoms in total. The van der Waals surface area contributed by atoms with Gasteiger partial charge in [0.05, 0.1) is 23.7 Å². The van der Waals surface area contributed by atoms with E-state index < -0.39 is 45.9 Å². The molecule has 2 aliphatic heterocycles. The van der Waals surface area contributed by atoms with Crippen molar-refractivity contribution in [1.29, 1.82) is 0 Å². The molecule has 43 heavy (non-hydrogen) atoms. The number of benzene rings is 1. The standard InChI is InChI=1S/C19H25Cl2NO4.C12H21NO4/c1-12-9-22(10-13-14(20)6-5-7-15(13)21)11-19(12,17(24)25)8-16(23)26-18(2,3)4;1-8-6-13-7-12(8,10(15)16)5-9(14)17-11(2,3)4/h5-7,12H,8-11H2,1-4H3,(H,24,25);8,13H,5-7H2,1-4H3,(H,15,16)/t12-,19+;8-,12+/m00/s1. The molecule has 2 fully saturated rings. The normalized spacial score (nSPS) is 25.9. The van der Waals surface area contributed by atoms with Crippen molar-refractivity contribution >= 4 is 47.1 Å². The van der Waals surface area contributed by atoms with Gasteiger partial charge in [-0.3, -0.25) is 24.1 Å². The molecule has 1 aromatic carbocycles. The molecule has 0 radical (unpaired) electrons. The number of likely N-dealkylation sites (tertiary alicyclic amines) is 1. The van der Waals surface area contributed by atoms with Crippen LogP contribution in [0.3, 0.4) is 0 Å². The lowest BCUT2D eigenvalue weighted by atomic mass is 9.76. The van der Waals surface area contributed by atoms with Gasteiger partial charge < -0.3 is 25.0 Å². The highest BCUT2D eigenvalue weighted by Crippen LogP contribution is 2.42. The predicted octanol–water partition coefficient (Wildman–Crippen LogP) is 5.28. The molecule has 0 spiro atoms. The van der Waals surface area contributed by atoms with Crippen molar-refractivity contribution in [2.45, 2.75) is 86.0 Å². The van der Waals surface area contributed by atoms with E-state index in [1.165, 1.54) is 0 Å². The van der Waals surface area contributed by atoms with Crippen LogP contribution in [0.15, 0.2) is 18.2 Å². The first-order valence-corrected chi connectivity index (χ1v) is 15.1. The maximum atomic E-state index is 12.3. The second kappa shape index (κ2) is 14.1. The van der Waals surface area contributed by atoms with Gasteiger partial charge in [-0.1, -0.05) is 43.1 Å². The summed E-state index contributed by atoms with van der Waals surface area (Å²) >= 11 is 12.5. The third-order valence-electron chi connectivity index (χ3n) is 7.87. The lowest BCUT2D eigenvalue weighted by molar-refractivity contribution is -0.166. The molecule has 242 valence electrons. The number of nitrogens with zero attached hydrogens (tertiary/aromatic N) is 1. The summed E-state index contributed by atoms with van der Waals surface area (Å²) in [6, 6.07) is 5.28. The van der Waals surface area contributed by atoms with Gasteiger partial charge in [0, 0.05) is 41.8 Å². The summed E-state index contributed by atoms with van der Waals surface area (Å²) in [7, 11) is 0. The summed E-state index contributed by atoms with van der Waals surface area (Å²) in [6.07, 6.45) is -0.235. The second-order valence-corrected chi connectivity index (χ2v) is 14.6. The quantitative estimate of drug-likeness (QED) is 0.320. The summed E-state index contributed by atoms with van der Waals surface area (Å²) in [4.78, 5) is 49.5. The number of carboxylic acid groups (broad SMARTS) is 2. The highest BCUT2D eigenvalue weighted by Gasteiger charge is 2.52. The van der Waals surface area contributed by atoms with Crippen LogP contribution in [0, 0.1) is 22.7 Å². The summed E-state index contributed by atoms with van der Waals surface area (Å²) in [5.41, 5.74) is -2.67. The molecule has 0 amide bonds. The fourth-order valence-electron chi connectivity index (χ4n) is 5.54. The van der Waals surface area contributed by atoms with Crippen LogP contribution in [0.5, 0.6) is 0 Å². The van der Waals surface area contributed by atoms with Crippen LogP contribution in [0.2, 0.25) is 10.0 Å². The molecular weight excluding hydrogens is 599 g/mol. The molecule has 2 saturated heterocycles. The van der Waals surface area contributed by atoms with Gasteiger partial charge in [-0.2, -0.15) is 0 Å². The number of aliphatic carboxylic acids is 2. The highest BCUT2D eigenvalue weighted by atomic mass is 35.5. The van der Waals surface area contributed by atoms with Crippen LogP contribution in [-0.2, 0) is 35.2 Å². The highest BCUT2D eigenvalue weighted by molar-refractivity contribution is 6.35. The van der Waals surface area contributed by atoms with E-state index in [4.69, 9.17) is 32.7 Å². The molecule has 0 bridgehead atoms. The van der Waals surface area contributed by atoms with Crippen LogP contribution in [0.4, 0.5) is 0 Å². The average Bonchev–Trinajstić information content (AvgIpc) is 3.34. The zero-order valence-electron chi connectivity index (χ0n) is 26.4. The summed E-state index contributed by atoms with van der Waals surface area (Å²) in [5.74, 6) is -3.15. The number of ether oxygens (including phenoxy) is 2. The molecule has 2 aliphatic rings. The van der Waals surface area contributed by atoms with Crippen molar-refractivity contribution in [2.24, 2.45) is 22.7 Å². The van der Waals surface area contributed by atoms with E-state index >= 15 is 0 Å². The van der Waals surface area contributed by atoms with Gasteiger partial charge in [0.15, 0.2) is 0 Å². The van der Waals surface area contributed by atoms with Gasteiger partial charge in [-0.15, -0.1) is 0 Å². The van der Waals surface area contributed by atoms with Gasteiger partial charge >= 0.3 is 23.9 Å². The Bertz CT molecular complexity index is 1170. The lowest BCUT2D eigenvalue weighted by Crippen LogP contribution is -2.41. The Hall–Kier alpha value is -2.40. The number of carboxylic acids is 2. The summed E-state index contributed by atoms with van der Waals surface area (Å²) in [5, 5.41) is 23.3. The second-order valence-electron chi connectivity index (χ2n) is 13.8. The van der Waals surface area contributed by atoms with Crippen molar-refractivity contribution in [1.82, 2.24) is 10.2 Å². The Kier molecular flexibility index (Phi) is 12.1. The minimum Gasteiger partial charge on any atom is -0.481 e. The van der Waals surface area contributed by atoms with E-state index in [0.717, 1.165) is 5.56 Å². The average molecular weight is 646 g/mol. The van der Waals surface area contributed by atoms with Crippen LogP contribution in [0.1, 0.15) is 73.8 Å². The maximum absolute atomic E-state index is 12.3. The number of rotatable bonds is 8. The van der Waals surface area contributed by atoms with E-state index in [1.807, 2.05) is 18.7 Å². The first-order valence-electron chi connectivity index (χ1n) is 14.4. The van der Waals surface area contributed by atoms with Crippen LogP contribution in [0.25, 0.3) is 0 Å². The molecule has 0 aliphatic carbocycles. The molecule has 12 heteroatoms. The third kappa shape index (κ3) is 9.80. The van der Waals surface area contributed by atoms with Crippen molar-refractivity contribution in [2.75, 3.05) is 26.2 Å². The van der Waals surface area contributed by atoms with E-state index in [2.05, 4.69) is 5.32 Å². The van der Waals surface area contributed by atoms with Crippen LogP contribution >= 0.6 is 23.2 Å². The number of hydrogen-bond donors (Lipinski definition) is 3. The van der Waals surface area contributed by atoms with E-state index in [9.17, 15) is 29.4 Å². The van der Waals surface area contributed by atoms with Crippen molar-refractivity contribution in [3.63, 3.8) is 0 Å². The fraction of sp³-hybridized carbons (Fsp3) is 0.677. The SMILES string of the molecule is C[C@H]1CN(Cc2c(Cl)cccc2Cl)C[C@@]1(CC(=O)OC(C)(C)C)C(=O)O.C[C@H]1CNC[C@@]1(CC(=O)OC(C)(C)C)C(=O)O. The van der Waals surface area contributed by atoms with Crippen molar-refractivity contribution < 1.29 is 38.9 Å². The molecule has 3 N–H and O–H groups in total. The summed E-state index contributed by atoms with van der Waals surface area (Å²) in [6.45, 7) is 16.5. The topological polar surface area (TPSA) is 142 Å². The third-order valence-corrected chi connectivity index (χ3v) is 8.58. The van der Waals surface area contributed by atoms with Gasteiger partial charge in [-0.05, 0) is 72.1 Å². The van der Waals surface area contributed by atoms with Gasteiger partial charge in [0.1, 0.15) is 11.2 Å². The van der Waals surface area contributed by atoms with E-state index in [1.54, 1.807) is 59.7 Å². The first-order chi connectivity index (χ1) is 19.6. The maximum Gasteiger partial charge on any atom is 0.311 e. The van der Waals surface area contributed by atoms with Crippen molar-refractivity contribution in [3.8, 4) is 0 Å². The van der Waals surface area contributed by atoms with Crippen LogP contribution in [-0.4, -0.2) is 76.4 Å². The summed E-state index contributed by atoms with van der Waals surface area (Å²) < 4.78 is 10.5. The number of esters is 2. The van der Waals surface area contributed by atoms with Gasteiger partial charge in [0.25, 0.3) is 0 Å². The zero-order valence-corrected chi connectivity index (χ0v) is 27.9. The van der Waals surface area contributed by atoms with E-state index in [0.29, 0.717) is 36.2 Å². The Morgan fingerprint density at radius 1 is 0.884 bits per heavy atom. The Morgan fingerprint density at radius 2 is 1.35 bits per heavy atom.